The molecule has 104 valence electrons. The van der Waals surface area contributed by atoms with Gasteiger partial charge >= 0.3 is 5.97 Å². The number of hydrogen-bond donors (Lipinski definition) is 1. The molecule has 2 heterocycles. The van der Waals surface area contributed by atoms with Gasteiger partial charge in [-0.3, -0.25) is 0 Å². The van der Waals surface area contributed by atoms with Crippen LogP contribution in [0.2, 0.25) is 0 Å². The summed E-state index contributed by atoms with van der Waals surface area (Å²) in [6.07, 6.45) is 3.84. The Labute approximate surface area is 120 Å². The molecule has 0 aliphatic heterocycles. The van der Waals surface area contributed by atoms with E-state index in [4.69, 9.17) is 0 Å². The highest BCUT2D eigenvalue weighted by atomic mass is 16.4. The van der Waals surface area contributed by atoms with Crippen LogP contribution in [0, 0.1) is 0 Å². The molecule has 1 N–H and O–H groups in total. The van der Waals surface area contributed by atoms with Crippen LogP contribution in [-0.4, -0.2) is 25.7 Å². The summed E-state index contributed by atoms with van der Waals surface area (Å²) in [5.41, 5.74) is 3.49. The molecule has 0 saturated heterocycles. The molecule has 1 aliphatic rings. The number of carbonyl (C=O) groups is 1. The average molecular weight is 279 g/mol. The maximum Gasteiger partial charge on any atom is 0.354 e. The van der Waals surface area contributed by atoms with E-state index in [-0.39, 0.29) is 5.69 Å². The second kappa shape index (κ2) is 4.41. The minimum Gasteiger partial charge on any atom is -0.477 e. The summed E-state index contributed by atoms with van der Waals surface area (Å²) in [4.78, 5) is 16.1. The van der Waals surface area contributed by atoms with Gasteiger partial charge in [0.1, 0.15) is 0 Å². The zero-order valence-electron chi connectivity index (χ0n) is 11.2. The zero-order valence-corrected chi connectivity index (χ0v) is 11.2. The molecule has 1 aliphatic carbocycles. The Bertz CT molecular complexity index is 835. The van der Waals surface area contributed by atoms with Crippen molar-refractivity contribution in [2.75, 3.05) is 0 Å². The molecule has 3 aromatic rings. The van der Waals surface area contributed by atoms with Crippen molar-refractivity contribution in [2.45, 2.75) is 18.8 Å². The fourth-order valence-electron chi connectivity index (χ4n) is 2.54. The van der Waals surface area contributed by atoms with Gasteiger partial charge in [-0.1, -0.05) is 30.3 Å². The summed E-state index contributed by atoms with van der Waals surface area (Å²) in [6.45, 7) is 0. The van der Waals surface area contributed by atoms with E-state index < -0.39 is 5.97 Å². The van der Waals surface area contributed by atoms with Crippen LogP contribution in [0.5, 0.6) is 0 Å². The van der Waals surface area contributed by atoms with E-state index in [1.54, 1.807) is 12.3 Å². The van der Waals surface area contributed by atoms with Gasteiger partial charge in [0, 0.05) is 17.2 Å². The second-order valence-corrected chi connectivity index (χ2v) is 5.31. The number of aromatic nitrogens is 3. The van der Waals surface area contributed by atoms with Crippen molar-refractivity contribution in [1.82, 2.24) is 14.6 Å². The average Bonchev–Trinajstić information content (AvgIpc) is 3.26. The van der Waals surface area contributed by atoms with Gasteiger partial charge in [-0.2, -0.15) is 5.10 Å². The van der Waals surface area contributed by atoms with Gasteiger partial charge in [-0.15, -0.1) is 0 Å². The predicted octanol–water partition coefficient (Wildman–Crippen LogP) is 2.97. The molecule has 2 aromatic heterocycles. The summed E-state index contributed by atoms with van der Waals surface area (Å²) in [6, 6.07) is 11.4. The van der Waals surface area contributed by atoms with E-state index >= 15 is 0 Å². The Morgan fingerprint density at radius 1 is 1.24 bits per heavy atom. The standard InChI is InChI=1S/C16H13N3O2/c20-16(21)14-8-13(11-6-7-11)18-15-12(9-17-19(14)15)10-4-2-1-3-5-10/h1-5,8-9,11H,6-7H2,(H,20,21). The molecule has 0 spiro atoms. The van der Waals surface area contributed by atoms with Crippen LogP contribution >= 0.6 is 0 Å². The molecule has 0 bridgehead atoms. The fraction of sp³-hybridized carbons (Fsp3) is 0.188. The molecule has 0 atom stereocenters. The summed E-state index contributed by atoms with van der Waals surface area (Å²) >= 11 is 0. The lowest BCUT2D eigenvalue weighted by atomic mass is 10.1. The number of aromatic carboxylic acids is 1. The lowest BCUT2D eigenvalue weighted by molar-refractivity contribution is 0.0687. The first-order valence-corrected chi connectivity index (χ1v) is 6.91. The van der Waals surface area contributed by atoms with Crippen LogP contribution in [0.25, 0.3) is 16.8 Å². The van der Waals surface area contributed by atoms with Crippen molar-refractivity contribution in [3.8, 4) is 11.1 Å². The zero-order chi connectivity index (χ0) is 14.4. The van der Waals surface area contributed by atoms with Gasteiger partial charge < -0.3 is 5.11 Å². The maximum absolute atomic E-state index is 11.5. The van der Waals surface area contributed by atoms with E-state index in [2.05, 4.69) is 10.1 Å². The monoisotopic (exact) mass is 279 g/mol. The normalized spacial score (nSPS) is 14.5. The van der Waals surface area contributed by atoms with Gasteiger partial charge in [0.05, 0.1) is 6.20 Å². The Hall–Kier alpha value is -2.69. The van der Waals surface area contributed by atoms with Crippen LogP contribution in [0.1, 0.15) is 34.9 Å². The number of carboxylic acids is 1. The number of rotatable bonds is 3. The molecule has 1 fully saturated rings. The molecule has 0 unspecified atom stereocenters. The molecular weight excluding hydrogens is 266 g/mol. The Morgan fingerprint density at radius 2 is 2.00 bits per heavy atom. The van der Waals surface area contributed by atoms with Crippen molar-refractivity contribution >= 4 is 11.6 Å². The third-order valence-corrected chi connectivity index (χ3v) is 3.79. The Balaban J connectivity index is 1.99. The largest absolute Gasteiger partial charge is 0.477 e. The fourth-order valence-corrected chi connectivity index (χ4v) is 2.54. The Kier molecular flexibility index (Phi) is 2.54. The summed E-state index contributed by atoms with van der Waals surface area (Å²) < 4.78 is 1.41. The Morgan fingerprint density at radius 3 is 2.67 bits per heavy atom. The van der Waals surface area contributed by atoms with Crippen molar-refractivity contribution in [2.24, 2.45) is 0 Å². The van der Waals surface area contributed by atoms with Gasteiger partial charge in [0.15, 0.2) is 11.3 Å². The van der Waals surface area contributed by atoms with Crippen molar-refractivity contribution in [1.29, 1.82) is 0 Å². The highest BCUT2D eigenvalue weighted by Crippen LogP contribution is 2.40. The third kappa shape index (κ3) is 1.98. The first-order valence-electron chi connectivity index (χ1n) is 6.91. The van der Waals surface area contributed by atoms with E-state index in [0.717, 1.165) is 29.7 Å². The van der Waals surface area contributed by atoms with Crippen molar-refractivity contribution < 1.29 is 9.90 Å². The molecule has 21 heavy (non-hydrogen) atoms. The molecule has 1 saturated carbocycles. The van der Waals surface area contributed by atoms with Gasteiger partial charge in [-0.05, 0) is 24.5 Å². The molecule has 5 heteroatoms. The number of fused-ring (bicyclic) bond motifs is 1. The smallest absolute Gasteiger partial charge is 0.354 e. The van der Waals surface area contributed by atoms with Crippen LogP contribution in [-0.2, 0) is 0 Å². The van der Waals surface area contributed by atoms with Crippen molar-refractivity contribution in [3.05, 3.63) is 54.0 Å². The van der Waals surface area contributed by atoms with Crippen molar-refractivity contribution in [3.63, 3.8) is 0 Å². The highest BCUT2D eigenvalue weighted by Gasteiger charge is 2.28. The SMILES string of the molecule is O=C(O)c1cc(C2CC2)nc2c(-c3ccccc3)cnn12. The van der Waals surface area contributed by atoms with Gasteiger partial charge in [-0.25, -0.2) is 14.3 Å². The van der Waals surface area contributed by atoms with Crippen LogP contribution < -0.4 is 0 Å². The number of benzene rings is 1. The molecule has 5 nitrogen and oxygen atoms in total. The number of hydrogen-bond acceptors (Lipinski definition) is 3. The van der Waals surface area contributed by atoms with E-state index in [1.807, 2.05) is 30.3 Å². The third-order valence-electron chi connectivity index (χ3n) is 3.79. The predicted molar refractivity (Wildman–Crippen MR) is 77.4 cm³/mol. The van der Waals surface area contributed by atoms with E-state index in [1.165, 1.54) is 4.52 Å². The summed E-state index contributed by atoms with van der Waals surface area (Å²) in [7, 11) is 0. The minimum atomic E-state index is -0.980. The maximum atomic E-state index is 11.5. The molecule has 1 aromatic carbocycles. The highest BCUT2D eigenvalue weighted by molar-refractivity contribution is 5.88. The van der Waals surface area contributed by atoms with Crippen LogP contribution in [0.3, 0.4) is 0 Å². The quantitative estimate of drug-likeness (QED) is 0.800. The molecular formula is C16H13N3O2. The molecule has 0 amide bonds. The molecule has 4 rings (SSSR count). The minimum absolute atomic E-state index is 0.170. The number of carboxylic acid groups (broad SMARTS) is 1. The first kappa shape index (κ1) is 12.1. The first-order chi connectivity index (χ1) is 10.2. The van der Waals surface area contributed by atoms with E-state index in [9.17, 15) is 9.90 Å². The van der Waals surface area contributed by atoms with E-state index in [0.29, 0.717) is 11.6 Å². The van der Waals surface area contributed by atoms with Gasteiger partial charge in [0.25, 0.3) is 0 Å². The van der Waals surface area contributed by atoms with Gasteiger partial charge in [0.2, 0.25) is 0 Å². The number of nitrogens with zero attached hydrogens (tertiary/aromatic N) is 3. The lowest BCUT2D eigenvalue weighted by Crippen LogP contribution is -2.09. The topological polar surface area (TPSA) is 67.5 Å². The summed E-state index contributed by atoms with van der Waals surface area (Å²) in [5, 5.41) is 13.6. The second-order valence-electron chi connectivity index (χ2n) is 5.31. The van der Waals surface area contributed by atoms with Crippen LogP contribution in [0.15, 0.2) is 42.6 Å². The lowest BCUT2D eigenvalue weighted by Gasteiger charge is -2.05. The summed E-state index contributed by atoms with van der Waals surface area (Å²) in [5.74, 6) is -0.585. The molecule has 0 radical (unpaired) electrons. The van der Waals surface area contributed by atoms with Crippen LogP contribution in [0.4, 0.5) is 0 Å².